The first-order valence-electron chi connectivity index (χ1n) is 9.60. The van der Waals surface area contributed by atoms with E-state index < -0.39 is 0 Å². The molecule has 0 unspecified atom stereocenters. The monoisotopic (exact) mass is 373 g/mol. The molecule has 0 bridgehead atoms. The van der Waals surface area contributed by atoms with E-state index in [1.54, 1.807) is 0 Å². The molecule has 0 saturated carbocycles. The van der Waals surface area contributed by atoms with Crippen LogP contribution in [0, 0.1) is 0 Å². The van der Waals surface area contributed by atoms with Crippen molar-refractivity contribution in [2.75, 3.05) is 6.61 Å². The molecule has 0 aromatic heterocycles. The van der Waals surface area contributed by atoms with Crippen LogP contribution < -0.4 is 10.1 Å². The lowest BCUT2D eigenvalue weighted by Crippen LogP contribution is -2.40. The molecule has 0 aliphatic heterocycles. The Bertz CT molecular complexity index is 912. The van der Waals surface area contributed by atoms with Gasteiger partial charge in [0.15, 0.2) is 0 Å². The number of hydrogen-bond acceptors (Lipinski definition) is 2. The van der Waals surface area contributed by atoms with Gasteiger partial charge in [0.2, 0.25) is 0 Å². The molecule has 0 fully saturated rings. The first-order valence-corrected chi connectivity index (χ1v) is 9.60. The van der Waals surface area contributed by atoms with Gasteiger partial charge >= 0.3 is 0 Å². The van der Waals surface area contributed by atoms with Crippen LogP contribution in [-0.2, 0) is 6.42 Å². The van der Waals surface area contributed by atoms with Crippen LogP contribution in [0.3, 0.4) is 0 Å². The van der Waals surface area contributed by atoms with Crippen molar-refractivity contribution in [2.24, 2.45) is 0 Å². The van der Waals surface area contributed by atoms with E-state index in [-0.39, 0.29) is 11.4 Å². The van der Waals surface area contributed by atoms with Crippen LogP contribution >= 0.6 is 0 Å². The molecule has 3 aromatic carbocycles. The molecule has 3 nitrogen and oxygen atoms in total. The zero-order valence-corrected chi connectivity index (χ0v) is 16.7. The SMILES string of the molecule is CC(C)(C)NC(=O)c1cc(OCCc2ccccc2)cc(-c2ccccc2)c1. The zero-order valence-electron chi connectivity index (χ0n) is 16.7. The number of benzene rings is 3. The maximum absolute atomic E-state index is 12.7. The predicted molar refractivity (Wildman–Crippen MR) is 115 cm³/mol. The average molecular weight is 373 g/mol. The smallest absolute Gasteiger partial charge is 0.251 e. The number of ether oxygens (including phenoxy) is 1. The first kappa shape index (κ1) is 19.7. The minimum atomic E-state index is -0.297. The van der Waals surface area contributed by atoms with Gasteiger partial charge in [-0.1, -0.05) is 60.7 Å². The quantitative estimate of drug-likeness (QED) is 0.619. The lowest BCUT2D eigenvalue weighted by Gasteiger charge is -2.21. The maximum Gasteiger partial charge on any atom is 0.251 e. The Balaban J connectivity index is 1.83. The number of amides is 1. The number of nitrogens with one attached hydrogen (secondary N) is 1. The standard InChI is InChI=1S/C25H27NO2/c1-25(2,3)26-24(27)22-16-21(20-12-8-5-9-13-20)17-23(18-22)28-15-14-19-10-6-4-7-11-19/h4-13,16-18H,14-15H2,1-3H3,(H,26,27). The number of carbonyl (C=O) groups is 1. The second-order valence-corrected chi connectivity index (χ2v) is 7.90. The van der Waals surface area contributed by atoms with Gasteiger partial charge < -0.3 is 10.1 Å². The van der Waals surface area contributed by atoms with Crippen LogP contribution in [0.15, 0.2) is 78.9 Å². The molecule has 3 rings (SSSR count). The summed E-state index contributed by atoms with van der Waals surface area (Å²) in [6, 6.07) is 26.0. The van der Waals surface area contributed by atoms with Crippen molar-refractivity contribution in [3.05, 3.63) is 90.0 Å². The number of carbonyl (C=O) groups excluding carboxylic acids is 1. The largest absolute Gasteiger partial charge is 0.493 e. The van der Waals surface area contributed by atoms with Crippen LogP contribution in [-0.4, -0.2) is 18.1 Å². The number of rotatable bonds is 6. The molecule has 1 N–H and O–H groups in total. The second kappa shape index (κ2) is 8.75. The fourth-order valence-electron chi connectivity index (χ4n) is 2.95. The molecule has 1 amide bonds. The van der Waals surface area contributed by atoms with Crippen molar-refractivity contribution in [1.29, 1.82) is 0 Å². The van der Waals surface area contributed by atoms with Crippen molar-refractivity contribution in [2.45, 2.75) is 32.7 Å². The van der Waals surface area contributed by atoms with Gasteiger partial charge in [0.1, 0.15) is 5.75 Å². The van der Waals surface area contributed by atoms with E-state index in [4.69, 9.17) is 4.74 Å². The van der Waals surface area contributed by atoms with E-state index in [0.29, 0.717) is 17.9 Å². The highest BCUT2D eigenvalue weighted by atomic mass is 16.5. The summed E-state index contributed by atoms with van der Waals surface area (Å²) in [7, 11) is 0. The summed E-state index contributed by atoms with van der Waals surface area (Å²) in [5.74, 6) is 0.606. The first-order chi connectivity index (χ1) is 13.4. The Morgan fingerprint density at radius 3 is 2.14 bits per heavy atom. The minimum absolute atomic E-state index is 0.0989. The van der Waals surface area contributed by atoms with E-state index >= 15 is 0 Å². The Morgan fingerprint density at radius 2 is 1.50 bits per heavy atom. The fourth-order valence-corrected chi connectivity index (χ4v) is 2.95. The lowest BCUT2D eigenvalue weighted by atomic mass is 10.0. The highest BCUT2D eigenvalue weighted by molar-refractivity contribution is 5.96. The van der Waals surface area contributed by atoms with E-state index in [2.05, 4.69) is 17.4 Å². The maximum atomic E-state index is 12.7. The van der Waals surface area contributed by atoms with Gasteiger partial charge in [0.25, 0.3) is 5.91 Å². The summed E-state index contributed by atoms with van der Waals surface area (Å²) in [6.45, 7) is 6.48. The molecule has 0 radical (unpaired) electrons. The molecule has 0 aliphatic carbocycles. The Hall–Kier alpha value is -3.07. The molecule has 28 heavy (non-hydrogen) atoms. The van der Waals surface area contributed by atoms with Crippen molar-refractivity contribution in [1.82, 2.24) is 5.32 Å². The molecule has 0 aliphatic rings. The normalized spacial score (nSPS) is 11.1. The molecule has 0 heterocycles. The van der Waals surface area contributed by atoms with E-state index in [9.17, 15) is 4.79 Å². The third-order valence-electron chi connectivity index (χ3n) is 4.27. The van der Waals surface area contributed by atoms with Crippen molar-refractivity contribution in [3.63, 3.8) is 0 Å². The van der Waals surface area contributed by atoms with E-state index in [0.717, 1.165) is 17.5 Å². The fraction of sp³-hybridized carbons (Fsp3) is 0.240. The molecule has 144 valence electrons. The van der Waals surface area contributed by atoms with Crippen molar-refractivity contribution >= 4 is 5.91 Å². The Kier molecular flexibility index (Phi) is 6.15. The van der Waals surface area contributed by atoms with E-state index in [1.807, 2.05) is 87.5 Å². The highest BCUT2D eigenvalue weighted by Gasteiger charge is 2.17. The van der Waals surface area contributed by atoms with Crippen LogP contribution in [0.25, 0.3) is 11.1 Å². The van der Waals surface area contributed by atoms with Gasteiger partial charge in [-0.15, -0.1) is 0 Å². The second-order valence-electron chi connectivity index (χ2n) is 7.90. The highest BCUT2D eigenvalue weighted by Crippen LogP contribution is 2.26. The summed E-state index contributed by atoms with van der Waals surface area (Å²) in [5, 5.41) is 3.03. The molecule has 0 saturated heterocycles. The predicted octanol–water partition coefficient (Wildman–Crippen LogP) is 5.50. The van der Waals surface area contributed by atoms with Gasteiger partial charge in [-0.2, -0.15) is 0 Å². The van der Waals surface area contributed by atoms with Crippen molar-refractivity contribution < 1.29 is 9.53 Å². The molecule has 3 heteroatoms. The lowest BCUT2D eigenvalue weighted by molar-refractivity contribution is 0.0919. The number of hydrogen-bond donors (Lipinski definition) is 1. The van der Waals surface area contributed by atoms with Gasteiger partial charge in [0.05, 0.1) is 6.61 Å². The van der Waals surface area contributed by atoms with Gasteiger partial charge in [-0.3, -0.25) is 4.79 Å². The third-order valence-corrected chi connectivity index (χ3v) is 4.27. The van der Waals surface area contributed by atoms with Crippen LogP contribution in [0.1, 0.15) is 36.7 Å². The minimum Gasteiger partial charge on any atom is -0.493 e. The summed E-state index contributed by atoms with van der Waals surface area (Å²) >= 11 is 0. The Labute approximate surface area is 167 Å². The van der Waals surface area contributed by atoms with Gasteiger partial charge in [0, 0.05) is 17.5 Å². The summed E-state index contributed by atoms with van der Waals surface area (Å²) in [4.78, 5) is 12.7. The summed E-state index contributed by atoms with van der Waals surface area (Å²) < 4.78 is 6.01. The van der Waals surface area contributed by atoms with Crippen LogP contribution in [0.2, 0.25) is 0 Å². The molecule has 0 atom stereocenters. The van der Waals surface area contributed by atoms with Gasteiger partial charge in [-0.25, -0.2) is 0 Å². The summed E-state index contributed by atoms with van der Waals surface area (Å²) in [5.41, 5.74) is 3.56. The molecular weight excluding hydrogens is 346 g/mol. The molecular formula is C25H27NO2. The zero-order chi connectivity index (χ0) is 20.0. The average Bonchev–Trinajstić information content (AvgIpc) is 2.68. The van der Waals surface area contributed by atoms with Crippen LogP contribution in [0.4, 0.5) is 0 Å². The van der Waals surface area contributed by atoms with Crippen molar-refractivity contribution in [3.8, 4) is 16.9 Å². The third kappa shape index (κ3) is 5.71. The topological polar surface area (TPSA) is 38.3 Å². The Morgan fingerprint density at radius 1 is 0.857 bits per heavy atom. The van der Waals surface area contributed by atoms with Gasteiger partial charge in [-0.05, 0) is 55.7 Å². The molecule has 3 aromatic rings. The van der Waals surface area contributed by atoms with E-state index in [1.165, 1.54) is 5.56 Å². The van der Waals surface area contributed by atoms with Crippen LogP contribution in [0.5, 0.6) is 5.75 Å². The molecule has 0 spiro atoms. The summed E-state index contributed by atoms with van der Waals surface area (Å²) in [6.07, 6.45) is 0.819.